The van der Waals surface area contributed by atoms with Crippen LogP contribution in [0.3, 0.4) is 0 Å². The normalized spacial score (nSPS) is 12.8. The Balaban J connectivity index is 2.93. The Morgan fingerprint density at radius 3 is 2.77 bits per heavy atom. The van der Waals surface area contributed by atoms with Gasteiger partial charge in [-0.1, -0.05) is 31.5 Å². The number of hydrogen-bond donors (Lipinski definition) is 2. The van der Waals surface area contributed by atoms with Crippen molar-refractivity contribution in [3.8, 4) is 0 Å². The van der Waals surface area contributed by atoms with E-state index in [0.29, 0.717) is 0 Å². The van der Waals surface area contributed by atoms with Crippen molar-refractivity contribution in [2.45, 2.75) is 32.8 Å². The molecule has 72 valence electrons. The maximum absolute atomic E-state index is 9.75. The fourth-order valence-electron chi connectivity index (χ4n) is 1.42. The standard InChI is InChI=1S/C11H17NO/c1-3-5-10(13)9-7-4-6-8(2)11(9)12/h4,6-7,10,13H,3,5,12H2,1-2H3. The highest BCUT2D eigenvalue weighted by molar-refractivity contribution is 5.53. The minimum Gasteiger partial charge on any atom is -0.398 e. The Labute approximate surface area is 79.4 Å². The smallest absolute Gasteiger partial charge is 0.0809 e. The number of rotatable bonds is 3. The zero-order chi connectivity index (χ0) is 9.84. The second kappa shape index (κ2) is 4.28. The summed E-state index contributed by atoms with van der Waals surface area (Å²) in [6, 6.07) is 5.78. The molecular weight excluding hydrogens is 162 g/mol. The van der Waals surface area contributed by atoms with Crippen LogP contribution in [-0.2, 0) is 0 Å². The molecule has 0 aromatic heterocycles. The first-order valence-corrected chi connectivity index (χ1v) is 4.69. The molecule has 0 saturated heterocycles. The van der Waals surface area contributed by atoms with Gasteiger partial charge in [-0.3, -0.25) is 0 Å². The highest BCUT2D eigenvalue weighted by atomic mass is 16.3. The number of anilines is 1. The summed E-state index contributed by atoms with van der Waals surface area (Å²) < 4.78 is 0. The summed E-state index contributed by atoms with van der Waals surface area (Å²) in [6.07, 6.45) is 1.33. The molecule has 1 unspecified atom stereocenters. The number of aliphatic hydroxyl groups excluding tert-OH is 1. The fourth-order valence-corrected chi connectivity index (χ4v) is 1.42. The van der Waals surface area contributed by atoms with E-state index in [0.717, 1.165) is 29.7 Å². The summed E-state index contributed by atoms with van der Waals surface area (Å²) in [4.78, 5) is 0. The molecule has 0 aliphatic heterocycles. The van der Waals surface area contributed by atoms with Gasteiger partial charge in [0.2, 0.25) is 0 Å². The predicted octanol–water partition coefficient (Wildman–Crippen LogP) is 2.41. The molecule has 1 aromatic rings. The second-order valence-electron chi connectivity index (χ2n) is 3.38. The quantitative estimate of drug-likeness (QED) is 0.700. The largest absolute Gasteiger partial charge is 0.398 e. The van der Waals surface area contributed by atoms with Gasteiger partial charge in [-0.2, -0.15) is 0 Å². The maximum atomic E-state index is 9.75. The molecule has 0 heterocycles. The van der Waals surface area contributed by atoms with Crippen molar-refractivity contribution in [1.82, 2.24) is 0 Å². The maximum Gasteiger partial charge on any atom is 0.0809 e. The predicted molar refractivity (Wildman–Crippen MR) is 55.5 cm³/mol. The molecule has 2 nitrogen and oxygen atoms in total. The van der Waals surface area contributed by atoms with Crippen molar-refractivity contribution in [3.05, 3.63) is 29.3 Å². The molecule has 0 aliphatic carbocycles. The number of benzene rings is 1. The van der Waals surface area contributed by atoms with E-state index < -0.39 is 6.10 Å². The summed E-state index contributed by atoms with van der Waals surface area (Å²) >= 11 is 0. The van der Waals surface area contributed by atoms with E-state index in [1.807, 2.05) is 25.1 Å². The summed E-state index contributed by atoms with van der Waals surface area (Å²) in [5, 5.41) is 9.75. The summed E-state index contributed by atoms with van der Waals surface area (Å²) in [6.45, 7) is 4.01. The van der Waals surface area contributed by atoms with Crippen LogP contribution in [0.5, 0.6) is 0 Å². The minimum atomic E-state index is -0.412. The number of aliphatic hydroxyl groups is 1. The van der Waals surface area contributed by atoms with E-state index in [1.165, 1.54) is 0 Å². The summed E-state index contributed by atoms with van der Waals surface area (Å²) in [7, 11) is 0. The number of para-hydroxylation sites is 1. The first kappa shape index (κ1) is 10.1. The molecule has 1 aromatic carbocycles. The Bertz CT molecular complexity index is 283. The van der Waals surface area contributed by atoms with Crippen LogP contribution in [0.2, 0.25) is 0 Å². The van der Waals surface area contributed by atoms with Gasteiger partial charge in [-0.05, 0) is 18.9 Å². The topological polar surface area (TPSA) is 46.2 Å². The molecule has 0 fully saturated rings. The van der Waals surface area contributed by atoms with Crippen LogP contribution in [0, 0.1) is 6.92 Å². The summed E-state index contributed by atoms with van der Waals surface area (Å²) in [5.41, 5.74) is 8.48. The van der Waals surface area contributed by atoms with Gasteiger partial charge >= 0.3 is 0 Å². The monoisotopic (exact) mass is 179 g/mol. The SMILES string of the molecule is CCCC(O)c1cccc(C)c1N. The molecule has 1 rings (SSSR count). The van der Waals surface area contributed by atoms with Crippen molar-refractivity contribution >= 4 is 5.69 Å². The molecule has 0 spiro atoms. The van der Waals surface area contributed by atoms with Gasteiger partial charge < -0.3 is 10.8 Å². The zero-order valence-electron chi connectivity index (χ0n) is 8.25. The molecule has 2 heteroatoms. The Hall–Kier alpha value is -1.02. The Morgan fingerprint density at radius 1 is 1.46 bits per heavy atom. The molecule has 13 heavy (non-hydrogen) atoms. The Kier molecular flexibility index (Phi) is 3.32. The molecule has 0 radical (unpaired) electrons. The van der Waals surface area contributed by atoms with Gasteiger partial charge in [0.05, 0.1) is 6.10 Å². The van der Waals surface area contributed by atoms with E-state index in [9.17, 15) is 5.11 Å². The average molecular weight is 179 g/mol. The van der Waals surface area contributed by atoms with Crippen molar-refractivity contribution in [2.24, 2.45) is 0 Å². The molecule has 0 bridgehead atoms. The number of hydrogen-bond acceptors (Lipinski definition) is 2. The lowest BCUT2D eigenvalue weighted by atomic mass is 10.0. The molecule has 0 aliphatic rings. The zero-order valence-corrected chi connectivity index (χ0v) is 8.25. The van der Waals surface area contributed by atoms with Gasteiger partial charge in [0.1, 0.15) is 0 Å². The highest BCUT2D eigenvalue weighted by Crippen LogP contribution is 2.26. The van der Waals surface area contributed by atoms with Crippen molar-refractivity contribution in [2.75, 3.05) is 5.73 Å². The van der Waals surface area contributed by atoms with E-state index in [-0.39, 0.29) is 0 Å². The minimum absolute atomic E-state index is 0.412. The lowest BCUT2D eigenvalue weighted by molar-refractivity contribution is 0.167. The van der Waals surface area contributed by atoms with E-state index in [1.54, 1.807) is 0 Å². The van der Waals surface area contributed by atoms with Gasteiger partial charge in [-0.15, -0.1) is 0 Å². The van der Waals surface area contributed by atoms with Crippen LogP contribution in [0.1, 0.15) is 37.0 Å². The molecule has 0 amide bonds. The van der Waals surface area contributed by atoms with Gasteiger partial charge in [-0.25, -0.2) is 0 Å². The number of nitrogen functional groups attached to an aromatic ring is 1. The van der Waals surface area contributed by atoms with Crippen molar-refractivity contribution in [3.63, 3.8) is 0 Å². The average Bonchev–Trinajstić information content (AvgIpc) is 2.10. The molecule has 3 N–H and O–H groups in total. The van der Waals surface area contributed by atoms with Gasteiger partial charge in [0.15, 0.2) is 0 Å². The second-order valence-corrected chi connectivity index (χ2v) is 3.38. The fraction of sp³-hybridized carbons (Fsp3) is 0.455. The number of nitrogens with two attached hydrogens (primary N) is 1. The third-order valence-electron chi connectivity index (χ3n) is 2.28. The van der Waals surface area contributed by atoms with Crippen LogP contribution in [0.15, 0.2) is 18.2 Å². The van der Waals surface area contributed by atoms with Crippen LogP contribution < -0.4 is 5.73 Å². The third-order valence-corrected chi connectivity index (χ3v) is 2.28. The van der Waals surface area contributed by atoms with E-state index in [2.05, 4.69) is 6.92 Å². The number of aryl methyl sites for hydroxylation is 1. The van der Waals surface area contributed by atoms with Gasteiger partial charge in [0.25, 0.3) is 0 Å². The van der Waals surface area contributed by atoms with Gasteiger partial charge in [0, 0.05) is 11.3 Å². The Morgan fingerprint density at radius 2 is 2.15 bits per heavy atom. The van der Waals surface area contributed by atoms with E-state index in [4.69, 9.17) is 5.73 Å². The summed E-state index contributed by atoms with van der Waals surface area (Å²) in [5.74, 6) is 0. The first-order valence-electron chi connectivity index (χ1n) is 4.69. The van der Waals surface area contributed by atoms with E-state index >= 15 is 0 Å². The van der Waals surface area contributed by atoms with Crippen molar-refractivity contribution < 1.29 is 5.11 Å². The van der Waals surface area contributed by atoms with Crippen LogP contribution in [0.4, 0.5) is 5.69 Å². The van der Waals surface area contributed by atoms with Crippen LogP contribution >= 0.6 is 0 Å². The highest BCUT2D eigenvalue weighted by Gasteiger charge is 2.10. The third kappa shape index (κ3) is 2.22. The molecule has 1 atom stereocenters. The lowest BCUT2D eigenvalue weighted by Gasteiger charge is -2.13. The molecule has 0 saturated carbocycles. The lowest BCUT2D eigenvalue weighted by Crippen LogP contribution is -2.03. The van der Waals surface area contributed by atoms with Crippen LogP contribution in [0.25, 0.3) is 0 Å². The van der Waals surface area contributed by atoms with Crippen LogP contribution in [-0.4, -0.2) is 5.11 Å². The first-order chi connectivity index (χ1) is 6.16. The molecular formula is C11H17NO. The van der Waals surface area contributed by atoms with Crippen molar-refractivity contribution in [1.29, 1.82) is 0 Å².